The van der Waals surface area contributed by atoms with E-state index in [1.165, 1.54) is 24.3 Å². The second-order valence-corrected chi connectivity index (χ2v) is 6.55. The molecule has 0 atom stereocenters. The van der Waals surface area contributed by atoms with Crippen LogP contribution < -0.4 is 9.47 Å². The minimum absolute atomic E-state index is 0.202. The Kier molecular flexibility index (Phi) is 5.06. The number of carbonyl (C=O) groups is 1. The van der Waals surface area contributed by atoms with Crippen LogP contribution in [0.4, 0.5) is 13.2 Å². The normalized spacial score (nSPS) is 13.9. The summed E-state index contributed by atoms with van der Waals surface area (Å²) in [4.78, 5) is 17.9. The van der Waals surface area contributed by atoms with Gasteiger partial charge in [0.2, 0.25) is 5.82 Å². The number of rotatable bonds is 3. The van der Waals surface area contributed by atoms with Gasteiger partial charge in [-0.1, -0.05) is 17.3 Å². The molecule has 0 spiro atoms. The first-order valence-electron chi connectivity index (χ1n) is 8.95. The van der Waals surface area contributed by atoms with Crippen LogP contribution >= 0.6 is 0 Å². The predicted octanol–water partition coefficient (Wildman–Crippen LogP) is 3.80. The molecule has 3 aromatic rings. The fourth-order valence-electron chi connectivity index (χ4n) is 3.05. The van der Waals surface area contributed by atoms with Gasteiger partial charge in [0.15, 0.2) is 0 Å². The molecule has 0 N–H and O–H groups in total. The molecule has 4 rings (SSSR count). The number of aromatic nitrogens is 2. The van der Waals surface area contributed by atoms with E-state index in [-0.39, 0.29) is 11.7 Å². The zero-order valence-electron chi connectivity index (χ0n) is 15.8. The number of hydrogen-bond acceptors (Lipinski definition) is 6. The second kappa shape index (κ2) is 7.69. The van der Waals surface area contributed by atoms with Crippen LogP contribution in [-0.4, -0.2) is 41.2 Å². The lowest BCUT2D eigenvalue weighted by Crippen LogP contribution is -2.32. The fourth-order valence-corrected chi connectivity index (χ4v) is 3.05. The van der Waals surface area contributed by atoms with Gasteiger partial charge in [-0.15, -0.1) is 0 Å². The van der Waals surface area contributed by atoms with E-state index in [1.54, 1.807) is 24.1 Å². The van der Waals surface area contributed by atoms with Crippen LogP contribution in [0.3, 0.4) is 0 Å². The smallest absolute Gasteiger partial charge is 0.471 e. The highest BCUT2D eigenvalue weighted by molar-refractivity contribution is 5.94. The van der Waals surface area contributed by atoms with E-state index in [1.807, 2.05) is 6.07 Å². The average molecular weight is 419 g/mol. The minimum Gasteiger partial charge on any atom is -0.497 e. The molecule has 0 aliphatic carbocycles. The van der Waals surface area contributed by atoms with Crippen molar-refractivity contribution < 1.29 is 32.0 Å². The third-order valence-corrected chi connectivity index (χ3v) is 4.60. The number of benzene rings is 2. The second-order valence-electron chi connectivity index (χ2n) is 6.55. The van der Waals surface area contributed by atoms with Crippen molar-refractivity contribution in [2.24, 2.45) is 0 Å². The van der Waals surface area contributed by atoms with Crippen molar-refractivity contribution in [2.45, 2.75) is 12.7 Å². The van der Waals surface area contributed by atoms with Gasteiger partial charge < -0.3 is 18.9 Å². The number of ether oxygens (including phenoxy) is 2. The van der Waals surface area contributed by atoms with Crippen LogP contribution in [0.1, 0.15) is 21.8 Å². The molecule has 0 bridgehead atoms. The lowest BCUT2D eigenvalue weighted by molar-refractivity contribution is -0.159. The van der Waals surface area contributed by atoms with E-state index in [0.717, 1.165) is 5.56 Å². The summed E-state index contributed by atoms with van der Waals surface area (Å²) < 4.78 is 53.0. The van der Waals surface area contributed by atoms with Gasteiger partial charge in [-0.3, -0.25) is 4.79 Å². The van der Waals surface area contributed by atoms with Crippen molar-refractivity contribution in [3.63, 3.8) is 0 Å². The van der Waals surface area contributed by atoms with Gasteiger partial charge in [-0.05, 0) is 24.3 Å². The van der Waals surface area contributed by atoms with Crippen molar-refractivity contribution in [2.75, 3.05) is 20.3 Å². The summed E-state index contributed by atoms with van der Waals surface area (Å²) in [5.41, 5.74) is 1.54. The number of hydrogen-bond donors (Lipinski definition) is 0. The number of fused-ring (bicyclic) bond motifs is 1. The van der Waals surface area contributed by atoms with E-state index in [2.05, 4.69) is 14.7 Å². The summed E-state index contributed by atoms with van der Waals surface area (Å²) in [6, 6.07) is 11.4. The molecule has 30 heavy (non-hydrogen) atoms. The maximum atomic E-state index is 12.9. The van der Waals surface area contributed by atoms with Gasteiger partial charge in [0.1, 0.15) is 18.1 Å². The molecule has 156 valence electrons. The molecule has 1 aliphatic heterocycles. The van der Waals surface area contributed by atoms with Gasteiger partial charge in [0.05, 0.1) is 13.7 Å². The highest BCUT2D eigenvalue weighted by Gasteiger charge is 2.38. The van der Waals surface area contributed by atoms with Crippen molar-refractivity contribution in [1.82, 2.24) is 15.0 Å². The van der Waals surface area contributed by atoms with Crippen LogP contribution in [0, 0.1) is 0 Å². The number of amides is 1. The molecule has 0 saturated carbocycles. The van der Waals surface area contributed by atoms with E-state index >= 15 is 0 Å². The summed E-state index contributed by atoms with van der Waals surface area (Å²) in [6.45, 7) is 1.07. The number of carbonyl (C=O) groups excluding carboxylic acids is 1. The number of halogens is 3. The van der Waals surface area contributed by atoms with Crippen molar-refractivity contribution >= 4 is 5.91 Å². The molecule has 0 fully saturated rings. The van der Waals surface area contributed by atoms with Gasteiger partial charge in [0, 0.05) is 29.3 Å². The molecular formula is C20H16F3N3O4. The number of nitrogens with zero attached hydrogens (tertiary/aromatic N) is 3. The SMILES string of the molecule is COc1ccc2c(c1)OCCN(C(=O)c1ccc(-c3noc(C(F)(F)F)n3)cc1)C2. The Balaban J connectivity index is 1.51. The zero-order chi connectivity index (χ0) is 21.3. The molecule has 0 saturated heterocycles. The molecule has 2 heterocycles. The Hall–Kier alpha value is -3.56. The largest absolute Gasteiger partial charge is 0.497 e. The first-order chi connectivity index (χ1) is 14.3. The van der Waals surface area contributed by atoms with Crippen LogP contribution in [0.2, 0.25) is 0 Å². The van der Waals surface area contributed by atoms with Gasteiger partial charge in [0.25, 0.3) is 5.91 Å². The highest BCUT2D eigenvalue weighted by atomic mass is 19.4. The number of alkyl halides is 3. The number of methoxy groups -OCH3 is 1. The maximum absolute atomic E-state index is 12.9. The summed E-state index contributed by atoms with van der Waals surface area (Å²) in [6.07, 6.45) is -4.71. The van der Waals surface area contributed by atoms with Crippen LogP contribution in [0.15, 0.2) is 47.0 Å². The third kappa shape index (κ3) is 3.93. The lowest BCUT2D eigenvalue weighted by Gasteiger charge is -2.20. The molecule has 0 radical (unpaired) electrons. The molecule has 2 aromatic carbocycles. The van der Waals surface area contributed by atoms with E-state index < -0.39 is 12.1 Å². The summed E-state index contributed by atoms with van der Waals surface area (Å²) in [7, 11) is 1.57. The van der Waals surface area contributed by atoms with E-state index in [0.29, 0.717) is 42.3 Å². The molecular weight excluding hydrogens is 403 g/mol. The summed E-state index contributed by atoms with van der Waals surface area (Å²) in [5, 5.41) is 3.34. The zero-order valence-corrected chi connectivity index (χ0v) is 15.8. The first-order valence-corrected chi connectivity index (χ1v) is 8.95. The summed E-state index contributed by atoms with van der Waals surface area (Å²) >= 11 is 0. The van der Waals surface area contributed by atoms with Gasteiger partial charge in [-0.25, -0.2) is 0 Å². The van der Waals surface area contributed by atoms with E-state index in [9.17, 15) is 18.0 Å². The topological polar surface area (TPSA) is 77.7 Å². The Labute approximate surface area is 169 Å². The van der Waals surface area contributed by atoms with Crippen LogP contribution in [0.25, 0.3) is 11.4 Å². The quantitative estimate of drug-likeness (QED) is 0.643. The maximum Gasteiger partial charge on any atom is 0.471 e. The first kappa shape index (κ1) is 19.7. The molecule has 1 aliphatic rings. The molecule has 0 unspecified atom stereocenters. The van der Waals surface area contributed by atoms with Crippen molar-refractivity contribution in [3.8, 4) is 22.9 Å². The Morgan fingerprint density at radius 3 is 2.60 bits per heavy atom. The summed E-state index contributed by atoms with van der Waals surface area (Å²) in [5.74, 6) is -0.514. The molecule has 7 nitrogen and oxygen atoms in total. The van der Waals surface area contributed by atoms with Gasteiger partial charge >= 0.3 is 12.1 Å². The van der Waals surface area contributed by atoms with Crippen LogP contribution in [-0.2, 0) is 12.7 Å². The molecule has 10 heteroatoms. The van der Waals surface area contributed by atoms with Crippen LogP contribution in [0.5, 0.6) is 11.5 Å². The third-order valence-electron chi connectivity index (χ3n) is 4.60. The standard InChI is InChI=1S/C20H16F3N3O4/c1-28-15-7-6-14-11-26(8-9-29-16(14)10-15)18(27)13-4-2-12(3-5-13)17-24-19(30-25-17)20(21,22)23/h2-7,10H,8-9,11H2,1H3. The van der Waals surface area contributed by atoms with Crippen molar-refractivity contribution in [1.29, 1.82) is 0 Å². The lowest BCUT2D eigenvalue weighted by atomic mass is 10.1. The Morgan fingerprint density at radius 1 is 1.17 bits per heavy atom. The predicted molar refractivity (Wildman–Crippen MR) is 98.0 cm³/mol. The highest BCUT2D eigenvalue weighted by Crippen LogP contribution is 2.30. The fraction of sp³-hybridized carbons (Fsp3) is 0.250. The minimum atomic E-state index is -4.71. The Morgan fingerprint density at radius 2 is 1.93 bits per heavy atom. The molecule has 1 amide bonds. The van der Waals surface area contributed by atoms with Gasteiger partial charge in [-0.2, -0.15) is 18.2 Å². The van der Waals surface area contributed by atoms with Crippen molar-refractivity contribution in [3.05, 3.63) is 59.5 Å². The molecule has 1 aromatic heterocycles. The Bertz CT molecular complexity index is 1060. The average Bonchev–Trinajstić information content (AvgIpc) is 3.15. The monoisotopic (exact) mass is 419 g/mol. The van der Waals surface area contributed by atoms with E-state index in [4.69, 9.17) is 9.47 Å².